The SMILES string of the molecule is O=C(COc1ccc(Cl)c(F)c1)NC1CCC(C(=O)NCc2cnco2)CC1. The molecular formula is C19H21ClFN3O4. The van der Waals surface area contributed by atoms with Gasteiger partial charge in [-0.2, -0.15) is 0 Å². The molecular weight excluding hydrogens is 389 g/mol. The molecule has 0 spiro atoms. The van der Waals surface area contributed by atoms with Crippen LogP contribution in [0, 0.1) is 11.7 Å². The molecule has 0 bridgehead atoms. The average Bonchev–Trinajstić information content (AvgIpc) is 3.21. The third kappa shape index (κ3) is 5.69. The highest BCUT2D eigenvalue weighted by molar-refractivity contribution is 6.30. The molecule has 2 amide bonds. The van der Waals surface area contributed by atoms with Crippen LogP contribution in [0.4, 0.5) is 4.39 Å². The lowest BCUT2D eigenvalue weighted by atomic mass is 9.85. The lowest BCUT2D eigenvalue weighted by Gasteiger charge is -2.28. The van der Waals surface area contributed by atoms with Gasteiger partial charge >= 0.3 is 0 Å². The molecule has 0 radical (unpaired) electrons. The van der Waals surface area contributed by atoms with Crippen molar-refractivity contribution in [2.75, 3.05) is 6.61 Å². The number of ether oxygens (including phenoxy) is 1. The van der Waals surface area contributed by atoms with Crippen LogP contribution in [0.5, 0.6) is 5.75 Å². The van der Waals surface area contributed by atoms with Gasteiger partial charge in [-0.1, -0.05) is 11.6 Å². The number of amides is 2. The van der Waals surface area contributed by atoms with E-state index >= 15 is 0 Å². The summed E-state index contributed by atoms with van der Waals surface area (Å²) in [4.78, 5) is 28.0. The van der Waals surface area contributed by atoms with E-state index in [1.807, 2.05) is 0 Å². The molecule has 1 heterocycles. The average molecular weight is 410 g/mol. The third-order valence-corrected chi connectivity index (χ3v) is 4.95. The quantitative estimate of drug-likeness (QED) is 0.733. The number of nitrogens with zero attached hydrogens (tertiary/aromatic N) is 1. The van der Waals surface area contributed by atoms with Gasteiger partial charge < -0.3 is 19.8 Å². The summed E-state index contributed by atoms with van der Waals surface area (Å²) in [5, 5.41) is 5.73. The maximum Gasteiger partial charge on any atom is 0.258 e. The van der Waals surface area contributed by atoms with Gasteiger partial charge in [0, 0.05) is 18.0 Å². The predicted molar refractivity (Wildman–Crippen MR) is 99.1 cm³/mol. The summed E-state index contributed by atoms with van der Waals surface area (Å²) >= 11 is 5.61. The number of carbonyl (C=O) groups is 2. The van der Waals surface area contributed by atoms with Crippen LogP contribution in [-0.2, 0) is 16.1 Å². The number of carbonyl (C=O) groups excluding carboxylic acids is 2. The van der Waals surface area contributed by atoms with Crippen LogP contribution < -0.4 is 15.4 Å². The molecule has 3 rings (SSSR count). The van der Waals surface area contributed by atoms with Gasteiger partial charge in [0.25, 0.3) is 5.91 Å². The fourth-order valence-electron chi connectivity index (χ4n) is 3.13. The summed E-state index contributed by atoms with van der Waals surface area (Å²) < 4.78 is 23.7. The van der Waals surface area contributed by atoms with Crippen molar-refractivity contribution in [2.45, 2.75) is 38.3 Å². The molecule has 150 valence electrons. The van der Waals surface area contributed by atoms with E-state index in [9.17, 15) is 14.0 Å². The Kier molecular flexibility index (Phi) is 6.86. The molecule has 1 fully saturated rings. The van der Waals surface area contributed by atoms with Crippen LogP contribution in [0.3, 0.4) is 0 Å². The number of aromatic nitrogens is 1. The second-order valence-corrected chi connectivity index (χ2v) is 7.07. The van der Waals surface area contributed by atoms with E-state index in [0.717, 1.165) is 6.07 Å². The van der Waals surface area contributed by atoms with Gasteiger partial charge in [0.2, 0.25) is 5.91 Å². The van der Waals surface area contributed by atoms with Crippen LogP contribution in [-0.4, -0.2) is 29.4 Å². The second kappa shape index (κ2) is 9.54. The molecule has 0 aliphatic heterocycles. The Morgan fingerprint density at radius 2 is 2.07 bits per heavy atom. The van der Waals surface area contributed by atoms with E-state index in [1.54, 1.807) is 6.20 Å². The Balaban J connectivity index is 1.35. The minimum absolute atomic E-state index is 0.00146. The molecule has 1 aromatic carbocycles. The summed E-state index contributed by atoms with van der Waals surface area (Å²) in [6, 6.07) is 4.01. The van der Waals surface area contributed by atoms with Crippen LogP contribution in [0.1, 0.15) is 31.4 Å². The normalized spacial score (nSPS) is 19.1. The first-order valence-corrected chi connectivity index (χ1v) is 9.41. The van der Waals surface area contributed by atoms with Gasteiger partial charge in [-0.3, -0.25) is 9.59 Å². The lowest BCUT2D eigenvalue weighted by Crippen LogP contribution is -2.42. The molecule has 0 saturated heterocycles. The van der Waals surface area contributed by atoms with Crippen molar-refractivity contribution in [1.82, 2.24) is 15.6 Å². The number of oxazole rings is 1. The van der Waals surface area contributed by atoms with E-state index in [4.69, 9.17) is 20.8 Å². The van der Waals surface area contributed by atoms with Crippen LogP contribution in [0.15, 0.2) is 35.2 Å². The highest BCUT2D eigenvalue weighted by atomic mass is 35.5. The molecule has 1 saturated carbocycles. The molecule has 28 heavy (non-hydrogen) atoms. The molecule has 0 atom stereocenters. The Labute approximate surface area is 166 Å². The van der Waals surface area contributed by atoms with Gasteiger partial charge in [0.15, 0.2) is 13.0 Å². The highest BCUT2D eigenvalue weighted by Crippen LogP contribution is 2.25. The number of hydrogen-bond donors (Lipinski definition) is 2. The van der Waals surface area contributed by atoms with Crippen molar-refractivity contribution in [3.05, 3.63) is 47.4 Å². The zero-order valence-electron chi connectivity index (χ0n) is 15.1. The van der Waals surface area contributed by atoms with E-state index in [0.29, 0.717) is 38.0 Å². The van der Waals surface area contributed by atoms with Gasteiger partial charge in [-0.25, -0.2) is 9.37 Å². The fourth-order valence-corrected chi connectivity index (χ4v) is 3.25. The number of halogens is 2. The Morgan fingerprint density at radius 3 is 2.75 bits per heavy atom. The van der Waals surface area contributed by atoms with E-state index < -0.39 is 5.82 Å². The number of rotatable bonds is 7. The van der Waals surface area contributed by atoms with Crippen molar-refractivity contribution < 1.29 is 23.1 Å². The summed E-state index contributed by atoms with van der Waals surface area (Å²) in [5.41, 5.74) is 0. The van der Waals surface area contributed by atoms with Crippen molar-refractivity contribution >= 4 is 23.4 Å². The molecule has 1 aliphatic carbocycles. The molecule has 9 heteroatoms. The van der Waals surface area contributed by atoms with Crippen LogP contribution in [0.2, 0.25) is 5.02 Å². The largest absolute Gasteiger partial charge is 0.484 e. The topological polar surface area (TPSA) is 93.5 Å². The summed E-state index contributed by atoms with van der Waals surface area (Å²) in [6.07, 6.45) is 5.69. The monoisotopic (exact) mass is 409 g/mol. The van der Waals surface area contributed by atoms with Crippen molar-refractivity contribution in [3.8, 4) is 5.75 Å². The standard InChI is InChI=1S/C19H21ClFN3O4/c20-16-6-5-14(7-17(16)21)27-10-18(25)24-13-3-1-12(2-4-13)19(26)23-9-15-8-22-11-28-15/h5-8,11-13H,1-4,9-10H2,(H,23,26)(H,24,25). The van der Waals surface area contributed by atoms with Gasteiger partial charge in [0.05, 0.1) is 17.8 Å². The maximum absolute atomic E-state index is 13.4. The van der Waals surface area contributed by atoms with E-state index in [-0.39, 0.29) is 41.2 Å². The maximum atomic E-state index is 13.4. The molecule has 2 N–H and O–H groups in total. The Bertz CT molecular complexity index is 808. The van der Waals surface area contributed by atoms with Crippen molar-refractivity contribution in [2.24, 2.45) is 5.92 Å². The van der Waals surface area contributed by atoms with E-state index in [2.05, 4.69) is 15.6 Å². The highest BCUT2D eigenvalue weighted by Gasteiger charge is 2.27. The molecule has 7 nitrogen and oxygen atoms in total. The molecule has 0 unspecified atom stereocenters. The fraction of sp³-hybridized carbons (Fsp3) is 0.421. The molecule has 2 aromatic rings. The third-order valence-electron chi connectivity index (χ3n) is 4.64. The summed E-state index contributed by atoms with van der Waals surface area (Å²) in [7, 11) is 0. The van der Waals surface area contributed by atoms with Crippen LogP contribution in [0.25, 0.3) is 0 Å². The first-order valence-electron chi connectivity index (χ1n) is 9.03. The Morgan fingerprint density at radius 1 is 1.29 bits per heavy atom. The number of nitrogens with one attached hydrogen (secondary N) is 2. The molecule has 1 aliphatic rings. The smallest absolute Gasteiger partial charge is 0.258 e. The molecule has 1 aromatic heterocycles. The second-order valence-electron chi connectivity index (χ2n) is 6.67. The van der Waals surface area contributed by atoms with Crippen molar-refractivity contribution in [3.63, 3.8) is 0 Å². The number of hydrogen-bond acceptors (Lipinski definition) is 5. The number of benzene rings is 1. The first kappa shape index (κ1) is 20.1. The first-order chi connectivity index (χ1) is 13.5. The Hall–Kier alpha value is -2.61. The minimum Gasteiger partial charge on any atom is -0.484 e. The van der Waals surface area contributed by atoms with Gasteiger partial charge in [-0.15, -0.1) is 0 Å². The predicted octanol–water partition coefficient (Wildman–Crippen LogP) is 2.84. The zero-order chi connectivity index (χ0) is 19.9. The van der Waals surface area contributed by atoms with E-state index in [1.165, 1.54) is 18.5 Å². The van der Waals surface area contributed by atoms with Gasteiger partial charge in [0.1, 0.15) is 17.3 Å². The lowest BCUT2D eigenvalue weighted by molar-refractivity contribution is -0.126. The van der Waals surface area contributed by atoms with Gasteiger partial charge in [-0.05, 0) is 37.8 Å². The zero-order valence-corrected chi connectivity index (χ0v) is 15.9. The summed E-state index contributed by atoms with van der Waals surface area (Å²) in [5.74, 6) is -0.134. The minimum atomic E-state index is -0.598. The summed E-state index contributed by atoms with van der Waals surface area (Å²) in [6.45, 7) is 0.108. The van der Waals surface area contributed by atoms with Crippen molar-refractivity contribution in [1.29, 1.82) is 0 Å². The van der Waals surface area contributed by atoms with Crippen LogP contribution >= 0.6 is 11.6 Å².